The molecule has 3 aromatic heterocycles. The highest BCUT2D eigenvalue weighted by molar-refractivity contribution is 5.58. The molecule has 1 atom stereocenters. The van der Waals surface area contributed by atoms with Crippen LogP contribution in [0.4, 0.5) is 0 Å². The van der Waals surface area contributed by atoms with E-state index in [0.29, 0.717) is 18.2 Å². The normalized spacial score (nSPS) is 13.5. The number of rotatable bonds is 8. The van der Waals surface area contributed by atoms with Crippen molar-refractivity contribution in [2.45, 2.75) is 52.2 Å². The monoisotopic (exact) mass is 468 g/mol. The average molecular weight is 469 g/mol. The van der Waals surface area contributed by atoms with Crippen LogP contribution in [0, 0.1) is 5.92 Å². The van der Waals surface area contributed by atoms with Gasteiger partial charge in [-0.1, -0.05) is 32.0 Å². The molecule has 0 aliphatic heterocycles. The molecule has 0 fully saturated rings. The molecule has 0 radical (unpaired) electrons. The van der Waals surface area contributed by atoms with Gasteiger partial charge in [0.05, 0.1) is 22.8 Å². The number of nitrogens with zero attached hydrogens (tertiary/aromatic N) is 4. The zero-order chi connectivity index (χ0) is 25.1. The largest absolute Gasteiger partial charge is 0.487 e. The molecule has 0 bridgehead atoms. The standard InChI is InChI=1S/C29H32N4O2/c1-20(2)29(5,22-10-12-24(13-11-22)35-19-23-8-6-7-17-30-23)27-15-9-21(18-31-27)25-14-16-26(33-32-25)28(3,4)34/h6-18,20,34H,19H2,1-5H3. The van der Waals surface area contributed by atoms with Gasteiger partial charge in [0, 0.05) is 23.4 Å². The summed E-state index contributed by atoms with van der Waals surface area (Å²) in [6, 6.07) is 21.8. The maximum Gasteiger partial charge on any atom is 0.130 e. The quantitative estimate of drug-likeness (QED) is 0.357. The van der Waals surface area contributed by atoms with Crippen LogP contribution in [0.25, 0.3) is 11.3 Å². The second-order valence-electron chi connectivity index (χ2n) is 9.79. The Balaban J connectivity index is 1.54. The highest BCUT2D eigenvalue weighted by atomic mass is 16.5. The molecule has 180 valence electrons. The molecule has 0 saturated heterocycles. The Morgan fingerprint density at radius 2 is 1.57 bits per heavy atom. The third-order valence-corrected chi connectivity index (χ3v) is 6.60. The molecule has 1 aromatic carbocycles. The lowest BCUT2D eigenvalue weighted by atomic mass is 9.70. The zero-order valence-corrected chi connectivity index (χ0v) is 20.9. The van der Waals surface area contributed by atoms with E-state index < -0.39 is 5.60 Å². The second kappa shape index (κ2) is 9.92. The molecule has 0 spiro atoms. The molecular weight excluding hydrogens is 436 g/mol. The van der Waals surface area contributed by atoms with Crippen molar-refractivity contribution in [3.8, 4) is 17.0 Å². The first-order valence-electron chi connectivity index (χ1n) is 11.8. The van der Waals surface area contributed by atoms with E-state index in [0.717, 1.165) is 28.4 Å². The van der Waals surface area contributed by atoms with E-state index in [1.54, 1.807) is 26.1 Å². The van der Waals surface area contributed by atoms with Gasteiger partial charge in [-0.3, -0.25) is 9.97 Å². The van der Waals surface area contributed by atoms with E-state index in [9.17, 15) is 5.11 Å². The van der Waals surface area contributed by atoms with Gasteiger partial charge in [0.2, 0.25) is 0 Å². The van der Waals surface area contributed by atoms with Crippen LogP contribution < -0.4 is 4.74 Å². The summed E-state index contributed by atoms with van der Waals surface area (Å²) in [5.74, 6) is 1.12. The number of benzene rings is 1. The van der Waals surface area contributed by atoms with Gasteiger partial charge in [0.15, 0.2) is 0 Å². The number of hydrogen-bond donors (Lipinski definition) is 1. The average Bonchev–Trinajstić information content (AvgIpc) is 2.87. The minimum absolute atomic E-state index is 0.283. The number of hydrogen-bond acceptors (Lipinski definition) is 6. The Bertz CT molecular complexity index is 1230. The minimum Gasteiger partial charge on any atom is -0.487 e. The lowest BCUT2D eigenvalue weighted by Crippen LogP contribution is -2.31. The molecule has 1 unspecified atom stereocenters. The lowest BCUT2D eigenvalue weighted by molar-refractivity contribution is 0.0729. The Kier molecular flexibility index (Phi) is 6.94. The molecular formula is C29H32N4O2. The molecule has 4 aromatic rings. The summed E-state index contributed by atoms with van der Waals surface area (Å²) in [4.78, 5) is 9.14. The van der Waals surface area contributed by atoms with E-state index in [4.69, 9.17) is 9.72 Å². The fourth-order valence-electron chi connectivity index (χ4n) is 3.98. The first kappa shape index (κ1) is 24.5. The second-order valence-corrected chi connectivity index (χ2v) is 9.79. The van der Waals surface area contributed by atoms with Gasteiger partial charge in [0.1, 0.15) is 18.0 Å². The summed E-state index contributed by atoms with van der Waals surface area (Å²) in [6.45, 7) is 10.5. The predicted molar refractivity (Wildman–Crippen MR) is 137 cm³/mol. The van der Waals surface area contributed by atoms with Crippen LogP contribution in [0.2, 0.25) is 0 Å². The molecule has 6 nitrogen and oxygen atoms in total. The van der Waals surface area contributed by atoms with E-state index in [1.165, 1.54) is 5.56 Å². The van der Waals surface area contributed by atoms with Crippen molar-refractivity contribution in [3.05, 3.63) is 102 Å². The molecule has 4 rings (SSSR count). The molecule has 35 heavy (non-hydrogen) atoms. The van der Waals surface area contributed by atoms with Crippen LogP contribution in [0.3, 0.4) is 0 Å². The minimum atomic E-state index is -1.02. The molecule has 0 aliphatic carbocycles. The first-order chi connectivity index (χ1) is 16.7. The van der Waals surface area contributed by atoms with E-state index in [2.05, 4.69) is 54.2 Å². The number of ether oxygens (including phenoxy) is 1. The maximum atomic E-state index is 10.1. The van der Waals surface area contributed by atoms with Gasteiger partial charge in [-0.05, 0) is 80.8 Å². The summed E-state index contributed by atoms with van der Waals surface area (Å²) in [5, 5.41) is 18.6. The van der Waals surface area contributed by atoms with Crippen molar-refractivity contribution in [3.63, 3.8) is 0 Å². The fraction of sp³-hybridized carbons (Fsp3) is 0.310. The first-order valence-corrected chi connectivity index (χ1v) is 11.8. The summed E-state index contributed by atoms with van der Waals surface area (Å²) < 4.78 is 5.91. The van der Waals surface area contributed by atoms with E-state index in [-0.39, 0.29) is 5.41 Å². The van der Waals surface area contributed by atoms with Crippen molar-refractivity contribution < 1.29 is 9.84 Å². The Morgan fingerprint density at radius 1 is 0.829 bits per heavy atom. The van der Waals surface area contributed by atoms with Crippen LogP contribution in [-0.2, 0) is 17.6 Å². The topological polar surface area (TPSA) is 81.0 Å². The van der Waals surface area contributed by atoms with Crippen molar-refractivity contribution in [2.75, 3.05) is 0 Å². The SMILES string of the molecule is CC(C)C(C)(c1ccc(OCc2ccccn2)cc1)c1ccc(-c2ccc(C(C)(C)O)nn2)cn1. The summed E-state index contributed by atoms with van der Waals surface area (Å²) in [5.41, 5.74) is 3.88. The predicted octanol–water partition coefficient (Wildman–Crippen LogP) is 5.70. The maximum absolute atomic E-state index is 10.1. The van der Waals surface area contributed by atoms with E-state index >= 15 is 0 Å². The number of aliphatic hydroxyl groups is 1. The van der Waals surface area contributed by atoms with Gasteiger partial charge in [-0.25, -0.2) is 0 Å². The lowest BCUT2D eigenvalue weighted by Gasteiger charge is -2.34. The van der Waals surface area contributed by atoms with Gasteiger partial charge >= 0.3 is 0 Å². The van der Waals surface area contributed by atoms with Crippen molar-refractivity contribution in [1.29, 1.82) is 0 Å². The Hall–Kier alpha value is -3.64. The smallest absolute Gasteiger partial charge is 0.130 e. The van der Waals surface area contributed by atoms with Gasteiger partial charge in [0.25, 0.3) is 0 Å². The van der Waals surface area contributed by atoms with E-state index in [1.807, 2.05) is 48.7 Å². The van der Waals surface area contributed by atoms with Gasteiger partial charge in [-0.15, -0.1) is 0 Å². The van der Waals surface area contributed by atoms with Crippen LogP contribution in [0.1, 0.15) is 57.3 Å². The molecule has 3 heterocycles. The van der Waals surface area contributed by atoms with Gasteiger partial charge in [-0.2, -0.15) is 10.2 Å². The Morgan fingerprint density at radius 3 is 2.11 bits per heavy atom. The third-order valence-electron chi connectivity index (χ3n) is 6.60. The molecule has 6 heteroatoms. The number of pyridine rings is 2. The molecule has 0 amide bonds. The van der Waals surface area contributed by atoms with Crippen molar-refractivity contribution >= 4 is 0 Å². The third kappa shape index (κ3) is 5.38. The van der Waals surface area contributed by atoms with Crippen LogP contribution in [0.5, 0.6) is 5.75 Å². The highest BCUT2D eigenvalue weighted by Crippen LogP contribution is 2.39. The van der Waals surface area contributed by atoms with Crippen molar-refractivity contribution in [2.24, 2.45) is 5.92 Å². The van der Waals surface area contributed by atoms with Crippen LogP contribution >= 0.6 is 0 Å². The van der Waals surface area contributed by atoms with Gasteiger partial charge < -0.3 is 9.84 Å². The highest BCUT2D eigenvalue weighted by Gasteiger charge is 2.34. The molecule has 0 aliphatic rings. The molecule has 1 N–H and O–H groups in total. The molecule has 0 saturated carbocycles. The fourth-order valence-corrected chi connectivity index (χ4v) is 3.98. The van der Waals surface area contributed by atoms with Crippen LogP contribution in [-0.4, -0.2) is 25.3 Å². The van der Waals surface area contributed by atoms with Crippen molar-refractivity contribution in [1.82, 2.24) is 20.2 Å². The Labute approximate surface area is 207 Å². The summed E-state index contributed by atoms with van der Waals surface area (Å²) in [6.07, 6.45) is 3.61. The zero-order valence-electron chi connectivity index (χ0n) is 20.9. The summed E-state index contributed by atoms with van der Waals surface area (Å²) in [7, 11) is 0. The number of aromatic nitrogens is 4. The summed E-state index contributed by atoms with van der Waals surface area (Å²) >= 11 is 0. The van der Waals surface area contributed by atoms with Crippen LogP contribution in [0.15, 0.2) is 79.1 Å².